The Morgan fingerprint density at radius 2 is 1.94 bits per heavy atom. The molecule has 2 aromatic rings. The molecule has 3 atom stereocenters. The van der Waals surface area contributed by atoms with Crippen LogP contribution in [-0.4, -0.2) is 48.9 Å². The number of phenolic OH excluding ortho intramolecular Hbond substituents is 1. The number of ether oxygens (including phenoxy) is 3. The Morgan fingerprint density at radius 3 is 2.75 bits per heavy atom. The van der Waals surface area contributed by atoms with Gasteiger partial charge in [0.2, 0.25) is 0 Å². The van der Waals surface area contributed by atoms with E-state index in [2.05, 4.69) is 11.0 Å². The first-order valence-electron chi connectivity index (χ1n) is 11.3. The Labute approximate surface area is 188 Å². The molecule has 4 bridgehead atoms. The van der Waals surface area contributed by atoms with Crippen molar-refractivity contribution < 1.29 is 24.1 Å². The summed E-state index contributed by atoms with van der Waals surface area (Å²) in [7, 11) is 3.25. The molecule has 0 aliphatic carbocycles. The zero-order valence-corrected chi connectivity index (χ0v) is 18.5. The van der Waals surface area contributed by atoms with Crippen LogP contribution in [0.25, 0.3) is 17.2 Å². The highest BCUT2D eigenvalue weighted by atomic mass is 16.5. The average molecular weight is 436 g/mol. The minimum Gasteiger partial charge on any atom is -0.507 e. The minimum atomic E-state index is -0.319. The molecule has 32 heavy (non-hydrogen) atoms. The van der Waals surface area contributed by atoms with E-state index in [0.717, 1.165) is 42.5 Å². The Bertz CT molecular complexity index is 1060. The number of fused-ring (bicyclic) bond motifs is 9. The lowest BCUT2D eigenvalue weighted by molar-refractivity contribution is -0.148. The SMILES string of the molecule is COc1ccc2c(c1OC)-c1cc(ccc1O)C=CC(=O)O[C@@H]1C[C@@H]3CCCCN3[C@H]2C1. The van der Waals surface area contributed by atoms with E-state index in [4.69, 9.17) is 14.2 Å². The van der Waals surface area contributed by atoms with Crippen molar-refractivity contribution in [1.82, 2.24) is 4.90 Å². The molecule has 2 fully saturated rings. The average Bonchev–Trinajstić information content (AvgIpc) is 2.81. The molecular formula is C26H29NO5. The van der Waals surface area contributed by atoms with Crippen LogP contribution in [0.3, 0.4) is 0 Å². The van der Waals surface area contributed by atoms with Gasteiger partial charge in [0.05, 0.1) is 14.2 Å². The topological polar surface area (TPSA) is 68.2 Å². The molecule has 0 radical (unpaired) electrons. The van der Waals surface area contributed by atoms with Crippen LogP contribution in [0, 0.1) is 0 Å². The van der Waals surface area contributed by atoms with E-state index in [9.17, 15) is 9.90 Å². The molecule has 5 rings (SSSR count). The third kappa shape index (κ3) is 3.62. The smallest absolute Gasteiger partial charge is 0.331 e. The predicted molar refractivity (Wildman–Crippen MR) is 122 cm³/mol. The van der Waals surface area contributed by atoms with Crippen LogP contribution in [-0.2, 0) is 9.53 Å². The lowest BCUT2D eigenvalue weighted by Crippen LogP contribution is -2.49. The number of esters is 1. The second kappa shape index (κ2) is 8.51. The molecule has 0 unspecified atom stereocenters. The number of methoxy groups -OCH3 is 2. The van der Waals surface area contributed by atoms with Gasteiger partial charge in [-0.1, -0.05) is 18.6 Å². The maximum absolute atomic E-state index is 12.5. The first-order valence-corrected chi connectivity index (χ1v) is 11.3. The molecule has 1 N–H and O–H groups in total. The van der Waals surface area contributed by atoms with Crippen molar-refractivity contribution >= 4 is 12.0 Å². The Kier molecular flexibility index (Phi) is 5.55. The first kappa shape index (κ1) is 20.9. The third-order valence-electron chi connectivity index (χ3n) is 7.02. The fourth-order valence-corrected chi connectivity index (χ4v) is 5.60. The second-order valence-corrected chi connectivity index (χ2v) is 8.81. The molecule has 0 spiro atoms. The number of carbonyl (C=O) groups is 1. The van der Waals surface area contributed by atoms with E-state index >= 15 is 0 Å². The fraction of sp³-hybridized carbons (Fsp3) is 0.423. The fourth-order valence-electron chi connectivity index (χ4n) is 5.60. The highest BCUT2D eigenvalue weighted by Crippen LogP contribution is 2.50. The molecule has 3 aliphatic rings. The minimum absolute atomic E-state index is 0.0492. The van der Waals surface area contributed by atoms with Crippen molar-refractivity contribution in [2.45, 2.75) is 50.3 Å². The summed E-state index contributed by atoms with van der Waals surface area (Å²) in [5.41, 5.74) is 3.36. The van der Waals surface area contributed by atoms with Gasteiger partial charge < -0.3 is 19.3 Å². The van der Waals surface area contributed by atoms with Gasteiger partial charge >= 0.3 is 5.97 Å². The largest absolute Gasteiger partial charge is 0.507 e. The van der Waals surface area contributed by atoms with Crippen molar-refractivity contribution in [3.8, 4) is 28.4 Å². The predicted octanol–water partition coefficient (Wildman–Crippen LogP) is 4.70. The van der Waals surface area contributed by atoms with E-state index < -0.39 is 0 Å². The molecule has 0 amide bonds. The number of nitrogens with zero attached hydrogens (tertiary/aromatic N) is 1. The van der Waals surface area contributed by atoms with Gasteiger partial charge in [0.15, 0.2) is 11.5 Å². The third-order valence-corrected chi connectivity index (χ3v) is 7.02. The summed E-state index contributed by atoms with van der Waals surface area (Å²) in [6.07, 6.45) is 8.07. The van der Waals surface area contributed by atoms with Gasteiger partial charge in [0.25, 0.3) is 0 Å². The van der Waals surface area contributed by atoms with E-state index in [1.54, 1.807) is 32.4 Å². The zero-order valence-electron chi connectivity index (χ0n) is 18.5. The molecule has 0 aromatic heterocycles. The maximum Gasteiger partial charge on any atom is 0.331 e. The van der Waals surface area contributed by atoms with Gasteiger partial charge in [-0.15, -0.1) is 0 Å². The highest BCUT2D eigenvalue weighted by molar-refractivity contribution is 5.89. The van der Waals surface area contributed by atoms with Crippen LogP contribution in [0.1, 0.15) is 49.3 Å². The summed E-state index contributed by atoms with van der Waals surface area (Å²) in [5.74, 6) is 1.07. The molecule has 168 valence electrons. The molecule has 3 aliphatic heterocycles. The number of piperidine rings is 2. The lowest BCUT2D eigenvalue weighted by Gasteiger charge is -2.48. The van der Waals surface area contributed by atoms with Crippen molar-refractivity contribution in [3.05, 3.63) is 47.5 Å². The van der Waals surface area contributed by atoms with Crippen LogP contribution in [0.2, 0.25) is 0 Å². The van der Waals surface area contributed by atoms with E-state index in [0.29, 0.717) is 29.5 Å². The Balaban J connectivity index is 1.78. The zero-order chi connectivity index (χ0) is 22.2. The monoisotopic (exact) mass is 435 g/mol. The van der Waals surface area contributed by atoms with Gasteiger partial charge in [-0.3, -0.25) is 4.90 Å². The van der Waals surface area contributed by atoms with Crippen molar-refractivity contribution in [1.29, 1.82) is 0 Å². The summed E-state index contributed by atoms with van der Waals surface area (Å²) in [5, 5.41) is 10.9. The summed E-state index contributed by atoms with van der Waals surface area (Å²) < 4.78 is 17.3. The van der Waals surface area contributed by atoms with Crippen molar-refractivity contribution in [2.75, 3.05) is 20.8 Å². The maximum atomic E-state index is 12.5. The molecule has 3 heterocycles. The molecular weight excluding hydrogens is 406 g/mol. The van der Waals surface area contributed by atoms with Gasteiger partial charge in [0, 0.05) is 42.1 Å². The van der Waals surface area contributed by atoms with E-state index in [1.165, 1.54) is 12.5 Å². The number of benzene rings is 2. The Hall–Kier alpha value is -2.99. The van der Waals surface area contributed by atoms with E-state index in [1.807, 2.05) is 12.1 Å². The van der Waals surface area contributed by atoms with Gasteiger partial charge in [0.1, 0.15) is 11.9 Å². The molecule has 0 saturated carbocycles. The number of carbonyl (C=O) groups excluding carboxylic acids is 1. The van der Waals surface area contributed by atoms with Gasteiger partial charge in [-0.2, -0.15) is 0 Å². The van der Waals surface area contributed by atoms with Crippen LogP contribution >= 0.6 is 0 Å². The summed E-state index contributed by atoms with van der Waals surface area (Å²) >= 11 is 0. The number of aromatic hydroxyl groups is 1. The number of hydrogen-bond donors (Lipinski definition) is 1. The van der Waals surface area contributed by atoms with Crippen LogP contribution in [0.5, 0.6) is 17.2 Å². The number of rotatable bonds is 2. The van der Waals surface area contributed by atoms with Crippen LogP contribution < -0.4 is 9.47 Å². The van der Waals surface area contributed by atoms with Crippen LogP contribution in [0.4, 0.5) is 0 Å². The van der Waals surface area contributed by atoms with Crippen molar-refractivity contribution in [2.24, 2.45) is 0 Å². The normalized spacial score (nSPS) is 24.9. The number of hydrogen-bond acceptors (Lipinski definition) is 6. The van der Waals surface area contributed by atoms with Gasteiger partial charge in [-0.25, -0.2) is 4.79 Å². The molecule has 6 nitrogen and oxygen atoms in total. The van der Waals surface area contributed by atoms with Crippen LogP contribution in [0.15, 0.2) is 36.4 Å². The first-order chi connectivity index (χ1) is 15.6. The van der Waals surface area contributed by atoms with Crippen molar-refractivity contribution in [3.63, 3.8) is 0 Å². The second-order valence-electron chi connectivity index (χ2n) is 8.81. The van der Waals surface area contributed by atoms with E-state index in [-0.39, 0.29) is 23.9 Å². The summed E-state index contributed by atoms with van der Waals surface area (Å²) in [4.78, 5) is 15.1. The van der Waals surface area contributed by atoms with Gasteiger partial charge in [-0.05, 0) is 54.8 Å². The summed E-state index contributed by atoms with van der Waals surface area (Å²) in [6.45, 7) is 1.01. The Morgan fingerprint density at radius 1 is 1.06 bits per heavy atom. The standard InChI is InChI=1S/C26H29NO5/c1-30-23-10-8-19-21-15-18(14-17-5-3-4-12-27(17)21)32-24(29)11-7-16-6-9-22(28)20(13-16)25(19)26(23)31-2/h6-11,13,17-18,21,28H,3-5,12,14-15H2,1-2H3/t17-,18+,21-/m0/s1. The molecule has 6 heteroatoms. The number of phenols is 1. The quantitative estimate of drug-likeness (QED) is 0.690. The lowest BCUT2D eigenvalue weighted by atomic mass is 9.81. The molecule has 2 saturated heterocycles. The summed E-state index contributed by atoms with van der Waals surface area (Å²) in [6, 6.07) is 9.74. The molecule has 2 aromatic carbocycles. The highest BCUT2D eigenvalue weighted by Gasteiger charge is 2.40.